The van der Waals surface area contributed by atoms with Crippen molar-refractivity contribution in [3.8, 4) is 0 Å². The quantitative estimate of drug-likeness (QED) is 0.0940. The van der Waals surface area contributed by atoms with Crippen molar-refractivity contribution in [1.82, 2.24) is 15.2 Å². The highest BCUT2D eigenvalue weighted by Gasteiger charge is 2.76. The minimum atomic E-state index is -5.06. The number of alkyl halides is 1. The number of phosphoric ester groups is 1. The van der Waals surface area contributed by atoms with E-state index in [1.807, 2.05) is 43.7 Å². The first-order chi connectivity index (χ1) is 29.7. The fraction of sp³-hybridized carbons (Fsp3) is 0.535. The van der Waals surface area contributed by atoms with Crippen LogP contribution in [0.5, 0.6) is 0 Å². The lowest BCUT2D eigenvalue weighted by molar-refractivity contribution is -0.201. The fourth-order valence-corrected chi connectivity index (χ4v) is 11.6. The molecule has 4 aliphatic carbocycles. The fourth-order valence-electron chi connectivity index (χ4n) is 11.1. The normalized spacial score (nSPS) is 31.2. The van der Waals surface area contributed by atoms with Gasteiger partial charge < -0.3 is 50.0 Å². The number of aliphatic hydroxyl groups excluding tert-OH is 1. The number of allylic oxidation sites excluding steroid dienone is 4. The number of amides is 3. The van der Waals surface area contributed by atoms with Crippen LogP contribution in [0.2, 0.25) is 0 Å². The molecular formula is C43H52BrN4O14P. The molecule has 0 spiro atoms. The van der Waals surface area contributed by atoms with Gasteiger partial charge in [0.2, 0.25) is 17.7 Å². The molecule has 5 aliphatic rings. The first-order valence-corrected chi connectivity index (χ1v) is 23.4. The molecule has 0 unspecified atom stereocenters. The molecule has 18 nitrogen and oxygen atoms in total. The van der Waals surface area contributed by atoms with Crippen LogP contribution in [0.15, 0.2) is 60.5 Å². The van der Waals surface area contributed by atoms with Crippen LogP contribution in [0.1, 0.15) is 75.4 Å². The molecule has 2 heterocycles. The molecule has 0 radical (unpaired) electrons. The van der Waals surface area contributed by atoms with Crippen molar-refractivity contribution < 1.29 is 67.3 Å². The number of aliphatic carboxylic acids is 1. The molecule has 7 rings (SSSR count). The van der Waals surface area contributed by atoms with E-state index in [1.54, 1.807) is 36.5 Å². The van der Waals surface area contributed by atoms with Crippen molar-refractivity contribution in [3.05, 3.63) is 77.2 Å². The van der Waals surface area contributed by atoms with E-state index in [4.69, 9.17) is 14.0 Å². The number of benzene rings is 1. The number of aryl methyl sites for hydroxylation is 1. The molecule has 0 bridgehead atoms. The number of nitrogens with one attached hydrogen (secondary N) is 3. The van der Waals surface area contributed by atoms with E-state index in [0.29, 0.717) is 37.1 Å². The number of fused-ring (bicyclic) bond motifs is 7. The van der Waals surface area contributed by atoms with Gasteiger partial charge in [-0.1, -0.05) is 53.6 Å². The molecule has 1 saturated heterocycles. The number of halogens is 1. The average molecular weight is 960 g/mol. The third-order valence-corrected chi connectivity index (χ3v) is 14.8. The molecular weight excluding hydrogens is 907 g/mol. The number of rotatable bonds is 16. The number of ether oxygens (including phenoxy) is 2. The number of hydrogen-bond donors (Lipinski definition) is 7. The van der Waals surface area contributed by atoms with Gasteiger partial charge in [-0.05, 0) is 86.3 Å². The number of carbonyl (C=O) groups is 6. The molecule has 3 saturated carbocycles. The Bertz CT molecular complexity index is 2310. The van der Waals surface area contributed by atoms with Gasteiger partial charge in [0.1, 0.15) is 12.6 Å². The number of hydrogen-bond acceptors (Lipinski definition) is 11. The van der Waals surface area contributed by atoms with Gasteiger partial charge >= 0.3 is 13.8 Å². The Balaban J connectivity index is 1.09. The van der Waals surface area contributed by atoms with Gasteiger partial charge in [-0.2, -0.15) is 0 Å². The lowest BCUT2D eigenvalue weighted by atomic mass is 9.46. The van der Waals surface area contributed by atoms with E-state index >= 15 is 0 Å². The number of aliphatic hydroxyl groups is 1. The molecule has 1 aromatic carbocycles. The molecule has 20 heteroatoms. The second-order valence-electron chi connectivity index (χ2n) is 17.7. The maximum atomic E-state index is 14.5. The zero-order chi connectivity index (χ0) is 45.6. The number of carboxylic acid groups (broad SMARTS) is 1. The predicted octanol–water partition coefficient (Wildman–Crippen LogP) is 3.36. The summed E-state index contributed by atoms with van der Waals surface area (Å²) < 4.78 is 32.0. The first kappa shape index (κ1) is 46.7. The van der Waals surface area contributed by atoms with E-state index in [2.05, 4.69) is 31.9 Å². The number of phosphoric acid groups is 1. The van der Waals surface area contributed by atoms with Crippen molar-refractivity contribution in [3.63, 3.8) is 0 Å². The summed E-state index contributed by atoms with van der Waals surface area (Å²) in [5, 5.41) is 28.9. The Morgan fingerprint density at radius 1 is 1.13 bits per heavy atom. The Hall–Kier alpha value is -4.33. The summed E-state index contributed by atoms with van der Waals surface area (Å²) in [6.07, 6.45) is 7.17. The summed E-state index contributed by atoms with van der Waals surface area (Å²) in [5.74, 6) is -4.22. The number of Topliss-reactive ketones (excluding diaryl/α,β-unsaturated/α-hetero) is 1. The van der Waals surface area contributed by atoms with Gasteiger partial charge in [0.05, 0.1) is 24.1 Å². The van der Waals surface area contributed by atoms with Crippen molar-refractivity contribution in [1.29, 1.82) is 0 Å². The highest BCUT2D eigenvalue weighted by Crippen LogP contribution is 2.70. The molecule has 1 aliphatic heterocycles. The minimum absolute atomic E-state index is 0.0242. The van der Waals surface area contributed by atoms with Crippen LogP contribution >= 0.6 is 23.8 Å². The second-order valence-corrected chi connectivity index (χ2v) is 19.5. The zero-order valence-corrected chi connectivity index (χ0v) is 37.4. The lowest BCUT2D eigenvalue weighted by Crippen LogP contribution is -2.63. The number of nitrogens with zero attached hydrogens (tertiary/aromatic N) is 1. The predicted molar refractivity (Wildman–Crippen MR) is 227 cm³/mol. The van der Waals surface area contributed by atoms with Gasteiger partial charge in [-0.3, -0.25) is 33.3 Å². The Morgan fingerprint density at radius 2 is 1.89 bits per heavy atom. The highest BCUT2D eigenvalue weighted by molar-refractivity contribution is 9.09. The lowest BCUT2D eigenvalue weighted by Gasteiger charge is -2.59. The summed E-state index contributed by atoms with van der Waals surface area (Å²) in [6, 6.07) is 5.70. The van der Waals surface area contributed by atoms with Gasteiger partial charge in [-0.15, -0.1) is 0 Å². The largest absolute Gasteiger partial charge is 0.481 e. The van der Waals surface area contributed by atoms with Gasteiger partial charge in [0, 0.05) is 53.4 Å². The average Bonchev–Trinajstić information content (AvgIpc) is 3.85. The third kappa shape index (κ3) is 9.16. The number of carbonyl (C=O) groups excluding carboxylic acids is 5. The van der Waals surface area contributed by atoms with Crippen LogP contribution in [0.25, 0.3) is 0 Å². The smallest absolute Gasteiger partial charge is 0.470 e. The van der Waals surface area contributed by atoms with Crippen LogP contribution in [-0.2, 0) is 53.9 Å². The van der Waals surface area contributed by atoms with Crippen molar-refractivity contribution in [2.24, 2.45) is 28.6 Å². The molecule has 4 fully saturated rings. The van der Waals surface area contributed by atoms with Crippen LogP contribution in [0, 0.1) is 35.5 Å². The molecule has 340 valence electrons. The molecule has 3 amide bonds. The van der Waals surface area contributed by atoms with Gasteiger partial charge in [0.15, 0.2) is 23.5 Å². The molecule has 7 N–H and O–H groups in total. The van der Waals surface area contributed by atoms with Crippen molar-refractivity contribution >= 4 is 64.7 Å². The van der Waals surface area contributed by atoms with Crippen molar-refractivity contribution in [2.75, 3.05) is 23.8 Å². The van der Waals surface area contributed by atoms with Crippen LogP contribution in [0.4, 0.5) is 5.69 Å². The van der Waals surface area contributed by atoms with Crippen molar-refractivity contribution in [2.45, 2.75) is 96.0 Å². The van der Waals surface area contributed by atoms with E-state index < -0.39 is 97.8 Å². The summed E-state index contributed by atoms with van der Waals surface area (Å²) in [5.41, 5.74) is 0.127. The Morgan fingerprint density at radius 3 is 2.60 bits per heavy atom. The molecule has 2 aromatic rings. The highest BCUT2D eigenvalue weighted by atomic mass is 79.9. The van der Waals surface area contributed by atoms with Crippen LogP contribution < -0.4 is 16.0 Å². The first-order valence-electron chi connectivity index (χ1n) is 20.8. The molecule has 1 aromatic heterocycles. The summed E-state index contributed by atoms with van der Waals surface area (Å²) in [7, 11) is -5.06. The van der Waals surface area contributed by atoms with Crippen LogP contribution in [-0.4, -0.2) is 102 Å². The monoisotopic (exact) mass is 958 g/mol. The Kier molecular flexibility index (Phi) is 13.3. The van der Waals surface area contributed by atoms with Gasteiger partial charge in [0.25, 0.3) is 0 Å². The van der Waals surface area contributed by atoms with Crippen LogP contribution in [0.3, 0.4) is 0 Å². The number of aromatic nitrogens is 1. The number of carboxylic acids is 1. The summed E-state index contributed by atoms with van der Waals surface area (Å²) in [6.45, 7) is 4.75. The second kappa shape index (κ2) is 17.9. The molecule has 63 heavy (non-hydrogen) atoms. The van der Waals surface area contributed by atoms with E-state index in [9.17, 15) is 53.3 Å². The molecule has 10 atom stereocenters. The summed E-state index contributed by atoms with van der Waals surface area (Å²) in [4.78, 5) is 94.7. The topological polar surface area (TPSA) is 269 Å². The number of anilines is 1. The summed E-state index contributed by atoms with van der Waals surface area (Å²) >= 11 is 2.98. The maximum absolute atomic E-state index is 14.5. The van der Waals surface area contributed by atoms with E-state index in [0.717, 1.165) is 16.7 Å². The zero-order valence-electron chi connectivity index (χ0n) is 35.0. The number of ketones is 2. The maximum Gasteiger partial charge on any atom is 0.470 e. The van der Waals surface area contributed by atoms with Gasteiger partial charge in [-0.25, -0.2) is 4.57 Å². The van der Waals surface area contributed by atoms with E-state index in [1.165, 1.54) is 0 Å². The third-order valence-electron chi connectivity index (χ3n) is 13.8. The minimum Gasteiger partial charge on any atom is -0.481 e. The standard InChI is InChI=1S/C43H52BrN4O14P/c1-23-19-48(20-24-5-4-6-26(13-24)46-39(56)31(9-10-37(54)55)47-36(53)18-45-35(52)17-44)21-29(23)40-61-34-15-30-28-8-7-25-14-27(49)11-12-41(25,2)38(28)32(50)16-42(30,3)43(34,62-40)33(51)22-60-63(57,58)59/h4-6,11-14,19,21,28,30-32,34,38,40,50H,7-10,15-18,20,22H2,1-3H3,(H,45,52)(H,46,56)(H,47,53)(H,54,55)(H2,57,58,59)/t28-,30-,31-,32-,34+,38+,40+,41-,42-,43+/m0/s1. The SMILES string of the molecule is Cc1cn(Cc2cccc(NC(=O)[C@H](CCC(=O)O)NC(=O)CNC(=O)CBr)c2)cc1[C@@H]1O[C@@H]2C[C@H]3[C@@H]4CCC5=CC(=O)C=C[C@]5(C)[C@H]4[C@@H](O)C[C@]3(C)[C@]2(C(=O)COP(=O)(O)O)O1. The van der Waals surface area contributed by atoms with E-state index in [-0.39, 0.29) is 41.7 Å². The Labute approximate surface area is 371 Å².